The van der Waals surface area contributed by atoms with Crippen molar-refractivity contribution in [3.8, 4) is 0 Å². The van der Waals surface area contributed by atoms with Crippen molar-refractivity contribution in [3.63, 3.8) is 0 Å². The molecule has 115 valence electrons. The lowest BCUT2D eigenvalue weighted by Crippen LogP contribution is -1.96. The molecule has 0 spiro atoms. The van der Waals surface area contributed by atoms with Crippen LogP contribution >= 0.6 is 0 Å². The van der Waals surface area contributed by atoms with Gasteiger partial charge in [0.25, 0.3) is 0 Å². The van der Waals surface area contributed by atoms with Crippen molar-refractivity contribution in [2.45, 2.75) is 61.3 Å². The van der Waals surface area contributed by atoms with Gasteiger partial charge in [0, 0.05) is 4.28 Å². The molecule has 0 aliphatic rings. The minimum Gasteiger partial charge on any atom is -0.105 e. The van der Waals surface area contributed by atoms with Crippen LogP contribution in [-0.4, -0.2) is 31.5 Å². The van der Waals surface area contributed by atoms with Gasteiger partial charge in [-0.2, -0.15) is 0 Å². The molecule has 0 saturated heterocycles. The van der Waals surface area contributed by atoms with E-state index in [2.05, 4.69) is 43.8 Å². The standard InChI is InChI=1S/C8H17.C7H7.C3H5.2Al.3H2.2H/c1-3-5-7-8-6-4-2;1-7-5-3-2-4-6-7;1-3-2;;;;;;;/h1,3-8H2,2H3;2-6H,1H2;3H,1-2H2;;;3*1H;;. The van der Waals surface area contributed by atoms with Gasteiger partial charge < -0.3 is 0 Å². The number of allylic oxidation sites excluding steroid dienone is 1. The first-order chi connectivity index (χ1) is 9.85. The number of hydrogen-bond donors (Lipinski definition) is 0. The van der Waals surface area contributed by atoms with Crippen molar-refractivity contribution in [1.29, 1.82) is 0 Å². The number of hydrogen-bond acceptors (Lipinski definition) is 0. The molecule has 0 aliphatic heterocycles. The molecule has 0 unspecified atom stereocenters. The Morgan fingerprint density at radius 2 is 1.70 bits per heavy atom. The van der Waals surface area contributed by atoms with E-state index in [-0.39, 0.29) is 4.28 Å². The molecule has 0 aliphatic carbocycles. The number of unbranched alkanes of at least 4 members (excludes halogenated alkanes) is 5. The van der Waals surface area contributed by atoms with Gasteiger partial charge in [-0.1, -0.05) is 91.9 Å². The van der Waals surface area contributed by atoms with E-state index in [0.717, 1.165) is 0 Å². The third-order valence-electron chi connectivity index (χ3n) is 3.27. The molecule has 20 heavy (non-hydrogen) atoms. The molecule has 0 heterocycles. The molecule has 1 aromatic carbocycles. The van der Waals surface area contributed by atoms with E-state index in [1.807, 2.05) is 6.08 Å². The summed E-state index contributed by atoms with van der Waals surface area (Å²) in [7, 11) is 0. The Labute approximate surface area is 145 Å². The number of benzene rings is 1. The average Bonchev–Trinajstić information content (AvgIpc) is 2.51. The monoisotopic (exact) mass is 307 g/mol. The lowest BCUT2D eigenvalue weighted by atomic mass is 10.1. The van der Waals surface area contributed by atoms with Gasteiger partial charge in [-0.05, 0) is 0 Å². The van der Waals surface area contributed by atoms with Gasteiger partial charge in [-0.25, -0.2) is 0 Å². The largest absolute Gasteiger partial charge is 0.217 e. The highest BCUT2D eigenvalue weighted by atomic mass is 27.1. The zero-order valence-corrected chi connectivity index (χ0v) is 16.8. The second-order valence-corrected chi connectivity index (χ2v) is 7.61. The Hall–Kier alpha value is 0.0249. The molecule has 0 atom stereocenters. The second kappa shape index (κ2) is 17.1. The molecule has 0 fully saturated rings. The zero-order valence-electron chi connectivity index (χ0n) is 13.6. The quantitative estimate of drug-likeness (QED) is 0.298. The predicted octanol–water partition coefficient (Wildman–Crippen LogP) is 5.63. The van der Waals surface area contributed by atoms with E-state index in [1.165, 1.54) is 76.2 Å². The Kier molecular flexibility index (Phi) is 17.1. The fourth-order valence-electron chi connectivity index (χ4n) is 1.95. The second-order valence-electron chi connectivity index (χ2n) is 5.23. The first-order valence-electron chi connectivity index (χ1n) is 8.31. The van der Waals surface area contributed by atoms with Gasteiger partial charge in [0.2, 0.25) is 31.5 Å². The van der Waals surface area contributed by atoms with Gasteiger partial charge in [0.15, 0.2) is 0 Å². The molecular formula is C18H37Al2. The average molecular weight is 307 g/mol. The summed E-state index contributed by atoms with van der Waals surface area (Å²) in [6.45, 7) is 5.80. The minimum atomic E-state index is 0. The van der Waals surface area contributed by atoms with E-state index in [4.69, 9.17) is 0 Å². The summed E-state index contributed by atoms with van der Waals surface area (Å²) in [6.07, 6.45) is 10.6. The van der Waals surface area contributed by atoms with Crippen LogP contribution in [0.3, 0.4) is 0 Å². The molecule has 1 radical (unpaired) electrons. The minimum absolute atomic E-state index is 0. The maximum atomic E-state index is 3.51. The summed E-state index contributed by atoms with van der Waals surface area (Å²) in [4.78, 5) is 0. The Morgan fingerprint density at radius 1 is 1.10 bits per heavy atom. The molecule has 1 aromatic rings. The van der Waals surface area contributed by atoms with Crippen molar-refractivity contribution in [3.05, 3.63) is 48.6 Å². The lowest BCUT2D eigenvalue weighted by molar-refractivity contribution is 0.624. The van der Waals surface area contributed by atoms with E-state index in [1.54, 1.807) is 0 Å². The zero-order chi connectivity index (χ0) is 14.9. The van der Waals surface area contributed by atoms with Gasteiger partial charge in [-0.3, -0.25) is 0 Å². The summed E-state index contributed by atoms with van der Waals surface area (Å²) < 4.78 is 0. The van der Waals surface area contributed by atoms with Crippen LogP contribution in [0.15, 0.2) is 43.0 Å². The third kappa shape index (κ3) is 14.4. The summed E-state index contributed by atoms with van der Waals surface area (Å²) >= 11 is 1.92. The first kappa shape index (κ1) is 20.0. The molecule has 2 heteroatoms. The maximum absolute atomic E-state index is 3.51. The maximum Gasteiger partial charge on any atom is 0.217 e. The first-order valence-corrected chi connectivity index (χ1v) is 11.4. The topological polar surface area (TPSA) is 0 Å². The Bertz CT molecular complexity index is 308. The van der Waals surface area contributed by atoms with E-state index >= 15 is 0 Å². The fraction of sp³-hybridized carbons (Fsp3) is 0.556. The van der Waals surface area contributed by atoms with Crippen LogP contribution in [-0.2, 0) is 5.28 Å². The van der Waals surface area contributed by atoms with Crippen molar-refractivity contribution in [1.82, 2.24) is 0 Å². The highest BCUT2D eigenvalue weighted by Gasteiger charge is 1.95. The van der Waals surface area contributed by atoms with Gasteiger partial charge >= 0.3 is 0 Å². The van der Waals surface area contributed by atoms with Crippen molar-refractivity contribution in [2.75, 3.05) is 0 Å². The van der Waals surface area contributed by atoms with E-state index in [0.29, 0.717) is 15.2 Å². The smallest absolute Gasteiger partial charge is 0.105 e. The highest BCUT2D eigenvalue weighted by Crippen LogP contribution is 2.08. The van der Waals surface area contributed by atoms with Crippen LogP contribution in [0, 0.1) is 0 Å². The third-order valence-corrected chi connectivity index (χ3v) is 5.43. The molecule has 1 rings (SSSR count). The van der Waals surface area contributed by atoms with Crippen LogP contribution in [0.2, 0.25) is 10.6 Å². The van der Waals surface area contributed by atoms with Gasteiger partial charge in [0.05, 0.1) is 0 Å². The summed E-state index contributed by atoms with van der Waals surface area (Å²) in [5.74, 6) is 0. The SMILES string of the molecule is C=C[CH2][AlH2].CCCCCCC[CH2][Al][CH2]c1ccccc1.[HH].[HH].[HH]. The molecule has 0 aromatic heterocycles. The van der Waals surface area contributed by atoms with Crippen molar-refractivity contribution in [2.24, 2.45) is 0 Å². The summed E-state index contributed by atoms with van der Waals surface area (Å²) in [5.41, 5.74) is 1.53. The highest BCUT2D eigenvalue weighted by molar-refractivity contribution is 6.34. The van der Waals surface area contributed by atoms with Crippen LogP contribution in [0.25, 0.3) is 0 Å². The number of rotatable bonds is 10. The van der Waals surface area contributed by atoms with Crippen molar-refractivity contribution >= 4 is 31.5 Å². The lowest BCUT2D eigenvalue weighted by Gasteiger charge is -2.01. The van der Waals surface area contributed by atoms with E-state index in [9.17, 15) is 0 Å². The molecule has 0 N–H and O–H groups in total. The summed E-state index contributed by atoms with van der Waals surface area (Å²) in [5, 5.41) is 4.05. The van der Waals surface area contributed by atoms with Gasteiger partial charge in [0.1, 0.15) is 0 Å². The molecular weight excluding hydrogens is 270 g/mol. The van der Waals surface area contributed by atoms with Crippen molar-refractivity contribution < 1.29 is 4.28 Å². The van der Waals surface area contributed by atoms with Crippen LogP contribution in [0.1, 0.15) is 55.3 Å². The van der Waals surface area contributed by atoms with Gasteiger partial charge in [-0.15, -0.1) is 17.9 Å². The molecule has 0 amide bonds. The molecule has 0 nitrogen and oxygen atoms in total. The molecule has 0 saturated carbocycles. The Morgan fingerprint density at radius 3 is 2.30 bits per heavy atom. The summed E-state index contributed by atoms with van der Waals surface area (Å²) in [6, 6.07) is 10.9. The predicted molar refractivity (Wildman–Crippen MR) is 104 cm³/mol. The Balaban J connectivity index is -0.000000232. The van der Waals surface area contributed by atoms with Crippen LogP contribution in [0.5, 0.6) is 0 Å². The van der Waals surface area contributed by atoms with Crippen LogP contribution < -0.4 is 0 Å². The fourth-order valence-corrected chi connectivity index (χ4v) is 3.34. The molecule has 0 bridgehead atoms. The van der Waals surface area contributed by atoms with E-state index < -0.39 is 0 Å². The normalized spacial score (nSPS) is 9.45. The van der Waals surface area contributed by atoms with Crippen LogP contribution in [0.4, 0.5) is 0 Å².